The third-order valence-corrected chi connectivity index (χ3v) is 6.75. The molecule has 190 valence electrons. The predicted octanol–water partition coefficient (Wildman–Crippen LogP) is 7.29. The molecule has 36 heavy (non-hydrogen) atoms. The molecular weight excluding hydrogens is 448 g/mol. The van der Waals surface area contributed by atoms with E-state index in [-0.39, 0.29) is 23.0 Å². The Morgan fingerprint density at radius 3 is 1.78 bits per heavy atom. The van der Waals surface area contributed by atoms with Gasteiger partial charge in [-0.1, -0.05) is 89.2 Å². The molecule has 2 atom stereocenters. The fourth-order valence-electron chi connectivity index (χ4n) is 5.15. The van der Waals surface area contributed by atoms with Crippen LogP contribution in [0.5, 0.6) is 11.5 Å². The Hall–Kier alpha value is -2.82. The first-order valence-corrected chi connectivity index (χ1v) is 13.0. The minimum atomic E-state index is -0.0244. The van der Waals surface area contributed by atoms with E-state index in [9.17, 15) is 0 Å². The van der Waals surface area contributed by atoms with Gasteiger partial charge in [-0.05, 0) is 46.1 Å². The van der Waals surface area contributed by atoms with Crippen molar-refractivity contribution in [3.8, 4) is 33.8 Å². The van der Waals surface area contributed by atoms with E-state index in [4.69, 9.17) is 18.9 Å². The maximum atomic E-state index is 6.47. The van der Waals surface area contributed by atoms with Crippen LogP contribution in [0.25, 0.3) is 22.3 Å². The largest absolute Gasteiger partial charge is 0.491 e. The van der Waals surface area contributed by atoms with Gasteiger partial charge < -0.3 is 18.9 Å². The second kappa shape index (κ2) is 9.91. The van der Waals surface area contributed by atoms with Gasteiger partial charge in [0, 0.05) is 11.1 Å². The molecule has 3 aromatic rings. The Bertz CT molecular complexity index is 1160. The lowest BCUT2D eigenvalue weighted by Crippen LogP contribution is -2.26. The number of rotatable bonds is 10. The molecule has 2 heterocycles. The summed E-state index contributed by atoms with van der Waals surface area (Å²) in [7, 11) is 0. The van der Waals surface area contributed by atoms with E-state index in [1.165, 1.54) is 16.7 Å². The molecule has 5 rings (SSSR count). The van der Waals surface area contributed by atoms with Gasteiger partial charge in [0.15, 0.2) is 0 Å². The van der Waals surface area contributed by atoms with Crippen molar-refractivity contribution in [2.45, 2.75) is 58.7 Å². The van der Waals surface area contributed by atoms with Crippen LogP contribution >= 0.6 is 0 Å². The Balaban J connectivity index is 1.40. The van der Waals surface area contributed by atoms with Crippen LogP contribution in [0.15, 0.2) is 66.7 Å². The van der Waals surface area contributed by atoms with Gasteiger partial charge in [-0.15, -0.1) is 0 Å². The number of epoxide rings is 2. The first kappa shape index (κ1) is 24.9. The van der Waals surface area contributed by atoms with Crippen molar-refractivity contribution in [2.75, 3.05) is 26.4 Å². The average molecular weight is 487 g/mol. The van der Waals surface area contributed by atoms with Crippen molar-refractivity contribution in [1.29, 1.82) is 0 Å². The molecule has 0 amide bonds. The molecule has 4 nitrogen and oxygen atoms in total. The second-order valence-corrected chi connectivity index (χ2v) is 11.9. The second-order valence-electron chi connectivity index (χ2n) is 11.9. The van der Waals surface area contributed by atoms with Crippen LogP contribution in [0, 0.1) is 5.41 Å². The molecule has 2 unspecified atom stereocenters. The molecule has 0 aliphatic carbocycles. The van der Waals surface area contributed by atoms with E-state index in [2.05, 4.69) is 89.2 Å². The van der Waals surface area contributed by atoms with Gasteiger partial charge in [-0.2, -0.15) is 0 Å². The molecular formula is C32H38O4. The van der Waals surface area contributed by atoms with Crippen molar-refractivity contribution in [2.24, 2.45) is 5.41 Å². The van der Waals surface area contributed by atoms with Crippen LogP contribution in [-0.4, -0.2) is 38.6 Å². The molecule has 3 aromatic carbocycles. The Kier molecular flexibility index (Phi) is 6.84. The summed E-state index contributed by atoms with van der Waals surface area (Å²) in [6.45, 7) is 14.4. The topological polar surface area (TPSA) is 43.5 Å². The number of hydrogen-bond acceptors (Lipinski definition) is 4. The maximum absolute atomic E-state index is 6.47. The first-order valence-electron chi connectivity index (χ1n) is 13.0. The van der Waals surface area contributed by atoms with E-state index in [1.54, 1.807) is 0 Å². The molecule has 0 spiro atoms. The number of ether oxygens (including phenoxy) is 4. The summed E-state index contributed by atoms with van der Waals surface area (Å²) in [6.07, 6.45) is 1.54. The van der Waals surface area contributed by atoms with Gasteiger partial charge in [-0.3, -0.25) is 0 Å². The highest BCUT2D eigenvalue weighted by Gasteiger charge is 2.32. The van der Waals surface area contributed by atoms with E-state index in [1.807, 2.05) is 12.1 Å². The van der Waals surface area contributed by atoms with Gasteiger partial charge in [0.1, 0.15) is 36.9 Å². The normalized spacial score (nSPS) is 19.1. The third-order valence-electron chi connectivity index (χ3n) is 6.75. The highest BCUT2D eigenvalue weighted by atomic mass is 16.6. The van der Waals surface area contributed by atoms with Crippen molar-refractivity contribution in [3.63, 3.8) is 0 Å². The maximum Gasteiger partial charge on any atom is 0.130 e. The summed E-state index contributed by atoms with van der Waals surface area (Å²) < 4.78 is 22.9. The van der Waals surface area contributed by atoms with E-state index in [0.717, 1.165) is 42.3 Å². The lowest BCUT2D eigenvalue weighted by atomic mass is 9.71. The Morgan fingerprint density at radius 2 is 1.22 bits per heavy atom. The third kappa shape index (κ3) is 6.29. The molecule has 0 radical (unpaired) electrons. The molecule has 2 fully saturated rings. The zero-order valence-corrected chi connectivity index (χ0v) is 22.2. The van der Waals surface area contributed by atoms with Gasteiger partial charge in [0.25, 0.3) is 0 Å². The molecule has 0 aromatic heterocycles. The summed E-state index contributed by atoms with van der Waals surface area (Å²) >= 11 is 0. The quantitative estimate of drug-likeness (QED) is 0.282. The zero-order valence-electron chi connectivity index (χ0n) is 22.2. The lowest BCUT2D eigenvalue weighted by molar-refractivity contribution is 0.246. The van der Waals surface area contributed by atoms with Gasteiger partial charge in [-0.25, -0.2) is 0 Å². The summed E-state index contributed by atoms with van der Waals surface area (Å²) in [5.41, 5.74) is 6.07. The minimum Gasteiger partial charge on any atom is -0.491 e. The monoisotopic (exact) mass is 486 g/mol. The highest BCUT2D eigenvalue weighted by Crippen LogP contribution is 2.44. The molecule has 2 aliphatic rings. The van der Waals surface area contributed by atoms with Crippen LogP contribution in [0.4, 0.5) is 0 Å². The fourth-order valence-corrected chi connectivity index (χ4v) is 5.15. The number of para-hydroxylation sites is 1. The van der Waals surface area contributed by atoms with E-state index >= 15 is 0 Å². The molecule has 2 saturated heterocycles. The number of hydrogen-bond donors (Lipinski definition) is 0. The number of benzene rings is 3. The predicted molar refractivity (Wildman–Crippen MR) is 145 cm³/mol. The van der Waals surface area contributed by atoms with Crippen molar-refractivity contribution >= 4 is 0 Å². The van der Waals surface area contributed by atoms with Crippen molar-refractivity contribution in [1.82, 2.24) is 0 Å². The zero-order chi connectivity index (χ0) is 25.3. The van der Waals surface area contributed by atoms with Gasteiger partial charge in [0.2, 0.25) is 0 Å². The van der Waals surface area contributed by atoms with Crippen LogP contribution < -0.4 is 9.47 Å². The highest BCUT2D eigenvalue weighted by molar-refractivity contribution is 5.76. The van der Waals surface area contributed by atoms with Crippen molar-refractivity contribution in [3.05, 3.63) is 72.3 Å². The summed E-state index contributed by atoms with van der Waals surface area (Å²) in [5, 5.41) is 0. The Morgan fingerprint density at radius 1 is 0.694 bits per heavy atom. The van der Waals surface area contributed by atoms with Crippen LogP contribution in [0.3, 0.4) is 0 Å². The summed E-state index contributed by atoms with van der Waals surface area (Å²) in [5.74, 6) is 1.86. The Labute approximate surface area is 215 Å². The standard InChI is InChI=1S/C32H38O4/c1-31(2,3)21-32(4,5)29-8-6-7-28(30(29)36-20-27-19-35-27)24-11-9-22(10-12-24)23-13-15-25(16-14-23)33-17-26-18-34-26/h6-16,26-27H,17-21H2,1-5H3. The van der Waals surface area contributed by atoms with E-state index < -0.39 is 0 Å². The fraction of sp³-hybridized carbons (Fsp3) is 0.438. The van der Waals surface area contributed by atoms with Crippen LogP contribution in [0.1, 0.15) is 46.6 Å². The van der Waals surface area contributed by atoms with Crippen LogP contribution in [0.2, 0.25) is 0 Å². The SMILES string of the molecule is CC(C)(C)CC(C)(C)c1cccc(-c2ccc(-c3ccc(OCC4CO4)cc3)cc2)c1OCC1CO1. The van der Waals surface area contributed by atoms with E-state index in [0.29, 0.717) is 13.2 Å². The van der Waals surface area contributed by atoms with Gasteiger partial charge >= 0.3 is 0 Å². The molecule has 0 N–H and O–H groups in total. The molecule has 4 heteroatoms. The minimum absolute atomic E-state index is 0.0244. The van der Waals surface area contributed by atoms with Gasteiger partial charge in [0.05, 0.1) is 13.2 Å². The smallest absolute Gasteiger partial charge is 0.130 e. The first-order chi connectivity index (χ1) is 17.2. The summed E-state index contributed by atoms with van der Waals surface area (Å²) in [6, 6.07) is 23.6. The lowest BCUT2D eigenvalue weighted by Gasteiger charge is -2.34. The average Bonchev–Trinajstić information content (AvgIpc) is 3.75. The molecule has 0 bridgehead atoms. The molecule has 0 saturated carbocycles. The van der Waals surface area contributed by atoms with Crippen molar-refractivity contribution < 1.29 is 18.9 Å². The van der Waals surface area contributed by atoms with Crippen LogP contribution in [-0.2, 0) is 14.9 Å². The summed E-state index contributed by atoms with van der Waals surface area (Å²) in [4.78, 5) is 0. The molecule has 2 aliphatic heterocycles.